The van der Waals surface area contributed by atoms with Crippen molar-refractivity contribution in [1.82, 2.24) is 15.1 Å². The fourth-order valence-electron chi connectivity index (χ4n) is 4.51. The van der Waals surface area contributed by atoms with Gasteiger partial charge in [0.05, 0.1) is 6.42 Å². The first-order valence-corrected chi connectivity index (χ1v) is 11.3. The van der Waals surface area contributed by atoms with Crippen molar-refractivity contribution in [2.75, 3.05) is 36.4 Å². The predicted octanol–water partition coefficient (Wildman–Crippen LogP) is 3.04. The van der Waals surface area contributed by atoms with E-state index in [2.05, 4.69) is 20.4 Å². The number of nitrogens with zero attached hydrogens (tertiary/aromatic N) is 4. The van der Waals surface area contributed by atoms with Gasteiger partial charge in [-0.1, -0.05) is 30.6 Å². The molecular formula is C21H25N5O2S. The molecule has 0 bridgehead atoms. The molecule has 7 nitrogen and oxygen atoms in total. The third-order valence-electron chi connectivity index (χ3n) is 6.20. The smallest absolute Gasteiger partial charge is 0.253 e. The van der Waals surface area contributed by atoms with Crippen LogP contribution in [0.25, 0.3) is 0 Å². The molecule has 8 heteroatoms. The van der Waals surface area contributed by atoms with Crippen LogP contribution in [0.1, 0.15) is 59.0 Å². The summed E-state index contributed by atoms with van der Waals surface area (Å²) in [6.45, 7) is 2.89. The van der Waals surface area contributed by atoms with Crippen LogP contribution in [0.2, 0.25) is 0 Å². The number of piperazine rings is 1. The Morgan fingerprint density at radius 2 is 1.86 bits per heavy atom. The second kappa shape index (κ2) is 7.74. The van der Waals surface area contributed by atoms with Crippen molar-refractivity contribution in [2.45, 2.75) is 44.4 Å². The standard InChI is InChI=1S/C21H25N5O2S/c27-18-13-16-12-15(6-7-17(16)22-18)20(28)25-8-10-26(11-9-25)21-24-23-19(29-21)14-4-2-1-3-5-14/h6-7,12,14H,1-5,8-11,13H2,(H,22,27). The SMILES string of the molecule is O=C1Cc2cc(C(=O)N3CCN(c4nnc(C5CCCCC5)s4)CC3)ccc2N1. The molecule has 3 aliphatic rings. The summed E-state index contributed by atoms with van der Waals surface area (Å²) in [5.74, 6) is 0.605. The quantitative estimate of drug-likeness (QED) is 0.840. The number of fused-ring (bicyclic) bond motifs is 1. The minimum atomic E-state index is -0.0112. The maximum Gasteiger partial charge on any atom is 0.253 e. The Hall–Kier alpha value is -2.48. The Kier molecular flexibility index (Phi) is 4.95. The molecule has 2 amide bonds. The summed E-state index contributed by atoms with van der Waals surface area (Å²) in [7, 11) is 0. The maximum absolute atomic E-state index is 12.9. The van der Waals surface area contributed by atoms with Crippen molar-refractivity contribution in [3.63, 3.8) is 0 Å². The van der Waals surface area contributed by atoms with Crippen molar-refractivity contribution < 1.29 is 9.59 Å². The average Bonchev–Trinajstić information content (AvgIpc) is 3.39. The lowest BCUT2D eigenvalue weighted by molar-refractivity contribution is -0.115. The van der Waals surface area contributed by atoms with Crippen LogP contribution >= 0.6 is 11.3 Å². The van der Waals surface area contributed by atoms with E-state index in [1.165, 1.54) is 37.1 Å². The zero-order valence-corrected chi connectivity index (χ0v) is 17.2. The highest BCUT2D eigenvalue weighted by Crippen LogP contribution is 2.36. The van der Waals surface area contributed by atoms with Crippen molar-refractivity contribution in [1.29, 1.82) is 0 Å². The zero-order valence-electron chi connectivity index (χ0n) is 16.4. The number of hydrogen-bond acceptors (Lipinski definition) is 6. The van der Waals surface area contributed by atoms with E-state index < -0.39 is 0 Å². The topological polar surface area (TPSA) is 78.4 Å². The monoisotopic (exact) mass is 411 g/mol. The zero-order chi connectivity index (χ0) is 19.8. The minimum Gasteiger partial charge on any atom is -0.343 e. The molecule has 1 saturated heterocycles. The van der Waals surface area contributed by atoms with Crippen LogP contribution in [0.4, 0.5) is 10.8 Å². The summed E-state index contributed by atoms with van der Waals surface area (Å²) in [5.41, 5.74) is 2.38. The Morgan fingerprint density at radius 3 is 2.66 bits per heavy atom. The van der Waals surface area contributed by atoms with Gasteiger partial charge in [0.15, 0.2) is 0 Å². The maximum atomic E-state index is 12.9. The average molecular weight is 412 g/mol. The van der Waals surface area contributed by atoms with E-state index in [0.717, 1.165) is 29.5 Å². The molecule has 1 saturated carbocycles. The van der Waals surface area contributed by atoms with Gasteiger partial charge in [-0.15, -0.1) is 10.2 Å². The Bertz CT molecular complexity index is 929. The third kappa shape index (κ3) is 3.73. The van der Waals surface area contributed by atoms with Crippen LogP contribution in [-0.2, 0) is 11.2 Å². The van der Waals surface area contributed by atoms with Crippen molar-refractivity contribution in [3.05, 3.63) is 34.3 Å². The number of hydrogen-bond donors (Lipinski definition) is 1. The van der Waals surface area contributed by atoms with Gasteiger partial charge in [0.1, 0.15) is 5.01 Å². The highest BCUT2D eigenvalue weighted by atomic mass is 32.1. The van der Waals surface area contributed by atoms with Gasteiger partial charge in [0.25, 0.3) is 5.91 Å². The second-order valence-corrected chi connectivity index (χ2v) is 9.12. The summed E-state index contributed by atoms with van der Waals surface area (Å²) in [6.07, 6.45) is 6.76. The third-order valence-corrected chi connectivity index (χ3v) is 7.35. The molecule has 0 unspecified atom stereocenters. The number of benzene rings is 1. The minimum absolute atomic E-state index is 0.0112. The Labute approximate surface area is 174 Å². The molecule has 0 spiro atoms. The lowest BCUT2D eigenvalue weighted by atomic mass is 9.90. The Balaban J connectivity index is 1.21. The fourth-order valence-corrected chi connectivity index (χ4v) is 5.58. The highest BCUT2D eigenvalue weighted by Gasteiger charge is 2.27. The lowest BCUT2D eigenvalue weighted by Gasteiger charge is -2.34. The number of rotatable bonds is 3. The van der Waals surface area contributed by atoms with E-state index in [4.69, 9.17) is 0 Å². The molecule has 29 heavy (non-hydrogen) atoms. The second-order valence-electron chi connectivity index (χ2n) is 8.13. The number of anilines is 2. The first kappa shape index (κ1) is 18.5. The molecule has 5 rings (SSSR count). The fraction of sp³-hybridized carbons (Fsp3) is 0.524. The molecule has 1 N–H and O–H groups in total. The normalized spacial score (nSPS) is 19.9. The molecule has 0 atom stereocenters. The van der Waals surface area contributed by atoms with Gasteiger partial charge >= 0.3 is 0 Å². The largest absolute Gasteiger partial charge is 0.343 e. The molecule has 152 valence electrons. The molecule has 0 radical (unpaired) electrons. The van der Waals surface area contributed by atoms with Crippen molar-refractivity contribution in [3.8, 4) is 0 Å². The number of nitrogens with one attached hydrogen (secondary N) is 1. The number of carbonyl (C=O) groups excluding carboxylic acids is 2. The summed E-state index contributed by atoms with van der Waals surface area (Å²) in [5, 5.41) is 13.9. The first-order chi connectivity index (χ1) is 14.2. The van der Waals surface area contributed by atoms with Gasteiger partial charge in [0.2, 0.25) is 11.0 Å². The molecule has 3 heterocycles. The number of carbonyl (C=O) groups is 2. The number of aromatic nitrogens is 2. The lowest BCUT2D eigenvalue weighted by Crippen LogP contribution is -2.48. The van der Waals surface area contributed by atoms with E-state index in [1.54, 1.807) is 17.4 Å². The molecule has 2 aliphatic heterocycles. The van der Waals surface area contributed by atoms with Crippen molar-refractivity contribution in [2.24, 2.45) is 0 Å². The molecule has 1 aromatic heterocycles. The van der Waals surface area contributed by atoms with E-state index >= 15 is 0 Å². The van der Waals surface area contributed by atoms with E-state index in [1.807, 2.05) is 17.0 Å². The van der Waals surface area contributed by atoms with Crippen LogP contribution in [0.5, 0.6) is 0 Å². The van der Waals surface area contributed by atoms with Gasteiger partial charge in [-0.05, 0) is 36.6 Å². The molecule has 1 aliphatic carbocycles. The van der Waals surface area contributed by atoms with Gasteiger partial charge in [-0.3, -0.25) is 9.59 Å². The van der Waals surface area contributed by atoms with Gasteiger partial charge in [-0.25, -0.2) is 0 Å². The van der Waals surface area contributed by atoms with Gasteiger partial charge in [0, 0.05) is 43.3 Å². The molecule has 2 fully saturated rings. The van der Waals surface area contributed by atoms with Crippen LogP contribution < -0.4 is 10.2 Å². The number of amides is 2. The van der Waals surface area contributed by atoms with Crippen LogP contribution in [0.3, 0.4) is 0 Å². The van der Waals surface area contributed by atoms with Crippen LogP contribution in [-0.4, -0.2) is 53.1 Å². The molecular weight excluding hydrogens is 386 g/mol. The van der Waals surface area contributed by atoms with Crippen molar-refractivity contribution >= 4 is 34.0 Å². The Morgan fingerprint density at radius 1 is 1.07 bits per heavy atom. The summed E-state index contributed by atoms with van der Waals surface area (Å²) < 4.78 is 0. The van der Waals surface area contributed by atoms with E-state index in [0.29, 0.717) is 31.0 Å². The van der Waals surface area contributed by atoms with Crippen LogP contribution in [0.15, 0.2) is 18.2 Å². The molecule has 1 aromatic carbocycles. The summed E-state index contributed by atoms with van der Waals surface area (Å²) in [6, 6.07) is 5.49. The summed E-state index contributed by atoms with van der Waals surface area (Å²) >= 11 is 1.73. The first-order valence-electron chi connectivity index (χ1n) is 10.5. The summed E-state index contributed by atoms with van der Waals surface area (Å²) in [4.78, 5) is 28.6. The van der Waals surface area contributed by atoms with E-state index in [-0.39, 0.29) is 11.8 Å². The van der Waals surface area contributed by atoms with Gasteiger partial charge in [-0.2, -0.15) is 0 Å². The van der Waals surface area contributed by atoms with Gasteiger partial charge < -0.3 is 15.1 Å². The molecule has 2 aromatic rings. The predicted molar refractivity (Wildman–Crippen MR) is 113 cm³/mol. The van der Waals surface area contributed by atoms with Crippen LogP contribution in [0, 0.1) is 0 Å². The van der Waals surface area contributed by atoms with E-state index in [9.17, 15) is 9.59 Å². The highest BCUT2D eigenvalue weighted by molar-refractivity contribution is 7.15.